The molecule has 13 heavy (non-hydrogen) atoms. The summed E-state index contributed by atoms with van der Waals surface area (Å²) in [4.78, 5) is 10.1. The van der Waals surface area contributed by atoms with Crippen molar-refractivity contribution in [3.8, 4) is 0 Å². The molecule has 0 aromatic heterocycles. The van der Waals surface area contributed by atoms with Gasteiger partial charge in [0.05, 0.1) is 0 Å². The van der Waals surface area contributed by atoms with Crippen LogP contribution in [0.3, 0.4) is 0 Å². The average molecular weight is 216 g/mol. The Morgan fingerprint density at radius 1 is 1.15 bits per heavy atom. The predicted octanol–water partition coefficient (Wildman–Crippen LogP) is 1.22. The van der Waals surface area contributed by atoms with E-state index in [0.29, 0.717) is 6.42 Å². The molecule has 0 aliphatic rings. The zero-order chi connectivity index (χ0) is 10.3. The van der Waals surface area contributed by atoms with E-state index in [-0.39, 0.29) is 0 Å². The highest BCUT2D eigenvalue weighted by Crippen LogP contribution is 1.99. The van der Waals surface area contributed by atoms with Crippen LogP contribution in [0.5, 0.6) is 0 Å². The number of hydrogen-bond acceptors (Lipinski definition) is 3. The molecule has 76 valence electrons. The van der Waals surface area contributed by atoms with E-state index in [9.17, 15) is 4.79 Å². The summed E-state index contributed by atoms with van der Waals surface area (Å²) in [5.41, 5.74) is 0. The first-order chi connectivity index (χ1) is 6.09. The molecule has 0 fully saturated rings. The number of carbonyl (C=O) groups is 1. The van der Waals surface area contributed by atoms with Crippen LogP contribution in [0.1, 0.15) is 12.8 Å². The average Bonchev–Trinajstić information content (AvgIpc) is 2.02. The van der Waals surface area contributed by atoms with Crippen molar-refractivity contribution in [2.45, 2.75) is 39.0 Å². The van der Waals surface area contributed by atoms with Gasteiger partial charge in [0.1, 0.15) is 24.2 Å². The molecular weight excluding hydrogens is 196 g/mol. The molecule has 0 N–H and O–H groups in total. The van der Waals surface area contributed by atoms with Gasteiger partial charge in [-0.3, -0.25) is 0 Å². The van der Waals surface area contributed by atoms with Gasteiger partial charge in [-0.05, 0) is 6.42 Å². The maximum atomic E-state index is 10.1. The Balaban J connectivity index is 3.94. The molecule has 0 unspecified atom stereocenters. The summed E-state index contributed by atoms with van der Waals surface area (Å²) in [5, 5.41) is 4.43. The summed E-state index contributed by atoms with van der Waals surface area (Å²) in [6, 6.07) is 0. The first kappa shape index (κ1) is 12.6. The van der Waals surface area contributed by atoms with E-state index in [1.165, 1.54) is 0 Å². The van der Waals surface area contributed by atoms with Crippen molar-refractivity contribution < 1.29 is 4.79 Å². The molecule has 0 spiro atoms. The molecule has 0 bridgehead atoms. The van der Waals surface area contributed by atoms with Gasteiger partial charge in [-0.1, -0.05) is 26.2 Å². The SMILES string of the molecule is C[SiH](C)N(N=CCCC=O)[SiH](C)C. The predicted molar refractivity (Wildman–Crippen MR) is 63.4 cm³/mol. The Morgan fingerprint density at radius 3 is 2.08 bits per heavy atom. The summed E-state index contributed by atoms with van der Waals surface area (Å²) < 4.78 is 2.31. The summed E-state index contributed by atoms with van der Waals surface area (Å²) in [6.45, 7) is 9.13. The van der Waals surface area contributed by atoms with Crippen LogP contribution in [0.15, 0.2) is 5.10 Å². The molecule has 0 radical (unpaired) electrons. The van der Waals surface area contributed by atoms with Crippen LogP contribution in [0.4, 0.5) is 0 Å². The van der Waals surface area contributed by atoms with Crippen LogP contribution in [0.25, 0.3) is 0 Å². The Hall–Kier alpha value is -0.426. The lowest BCUT2D eigenvalue weighted by atomic mass is 10.4. The number of unbranched alkanes of at least 4 members (excludes halogenated alkanes) is 1. The van der Waals surface area contributed by atoms with Crippen molar-refractivity contribution in [1.29, 1.82) is 0 Å². The van der Waals surface area contributed by atoms with Gasteiger partial charge in [0.25, 0.3) is 0 Å². The Kier molecular flexibility index (Phi) is 6.79. The van der Waals surface area contributed by atoms with E-state index in [1.54, 1.807) is 0 Å². The van der Waals surface area contributed by atoms with E-state index >= 15 is 0 Å². The molecule has 0 rings (SSSR count). The fourth-order valence-corrected chi connectivity index (χ4v) is 6.65. The summed E-state index contributed by atoms with van der Waals surface area (Å²) in [5.74, 6) is 0. The maximum Gasteiger partial charge on any atom is 0.144 e. The van der Waals surface area contributed by atoms with Crippen LogP contribution in [0.2, 0.25) is 26.2 Å². The number of rotatable bonds is 6. The highest BCUT2D eigenvalue weighted by atomic mass is 28.3. The van der Waals surface area contributed by atoms with E-state index in [2.05, 4.69) is 35.6 Å². The highest BCUT2D eigenvalue weighted by molar-refractivity contribution is 6.69. The monoisotopic (exact) mass is 216 g/mol. The van der Waals surface area contributed by atoms with Gasteiger partial charge in [-0.2, -0.15) is 0 Å². The molecule has 0 aromatic carbocycles. The second-order valence-corrected chi connectivity index (χ2v) is 9.64. The van der Waals surface area contributed by atoms with E-state index in [1.807, 2.05) is 6.21 Å². The van der Waals surface area contributed by atoms with Gasteiger partial charge in [0.15, 0.2) is 0 Å². The summed E-state index contributed by atoms with van der Waals surface area (Å²) in [7, 11) is -1.57. The van der Waals surface area contributed by atoms with Crippen molar-refractivity contribution in [1.82, 2.24) is 4.34 Å². The summed E-state index contributed by atoms with van der Waals surface area (Å²) in [6.07, 6.45) is 4.20. The van der Waals surface area contributed by atoms with E-state index < -0.39 is 17.9 Å². The van der Waals surface area contributed by atoms with Gasteiger partial charge in [-0.15, -0.1) is 0 Å². The van der Waals surface area contributed by atoms with Crippen LogP contribution in [-0.2, 0) is 4.79 Å². The third-order valence-corrected chi connectivity index (χ3v) is 7.65. The molecule has 0 aliphatic heterocycles. The normalized spacial score (nSPS) is 11.5. The van der Waals surface area contributed by atoms with Gasteiger partial charge in [-0.25, -0.2) is 5.10 Å². The molecular formula is C8H20N2OSi2. The molecule has 0 aliphatic carbocycles. The second-order valence-electron chi connectivity index (χ2n) is 3.61. The van der Waals surface area contributed by atoms with Crippen LogP contribution >= 0.6 is 0 Å². The molecule has 0 aromatic rings. The largest absolute Gasteiger partial charge is 0.355 e. The molecule has 0 atom stereocenters. The molecule has 3 nitrogen and oxygen atoms in total. The fourth-order valence-electron chi connectivity index (χ4n) is 1.16. The van der Waals surface area contributed by atoms with Crippen molar-refractivity contribution in [2.24, 2.45) is 5.10 Å². The lowest BCUT2D eigenvalue weighted by molar-refractivity contribution is -0.107. The van der Waals surface area contributed by atoms with Crippen LogP contribution in [-0.4, -0.2) is 34.8 Å². The number of aldehydes is 1. The van der Waals surface area contributed by atoms with Gasteiger partial charge in [0, 0.05) is 12.6 Å². The Morgan fingerprint density at radius 2 is 1.69 bits per heavy atom. The van der Waals surface area contributed by atoms with E-state index in [0.717, 1.165) is 12.7 Å². The molecule has 0 amide bonds. The van der Waals surface area contributed by atoms with Gasteiger partial charge < -0.3 is 9.13 Å². The zero-order valence-corrected chi connectivity index (χ0v) is 11.3. The van der Waals surface area contributed by atoms with Crippen molar-refractivity contribution in [3.05, 3.63) is 0 Å². The van der Waals surface area contributed by atoms with Crippen molar-refractivity contribution in [3.63, 3.8) is 0 Å². The third-order valence-electron chi connectivity index (χ3n) is 1.69. The minimum absolute atomic E-state index is 0.594. The Labute approximate surface area is 84.2 Å². The number of nitrogens with zero attached hydrogens (tertiary/aromatic N) is 2. The minimum atomic E-state index is -0.786. The Bertz CT molecular complexity index is 164. The molecule has 0 saturated heterocycles. The number of hydrogen-bond donors (Lipinski definition) is 0. The molecule has 0 saturated carbocycles. The number of carbonyl (C=O) groups excluding carboxylic acids is 1. The first-order valence-corrected chi connectivity index (χ1v) is 10.5. The second kappa shape index (κ2) is 7.02. The standard InChI is InChI=1S/C8H20N2OSi2/c1-12(2)10(13(3)4)9-7-5-6-8-11/h7-8,12-13H,5-6H2,1-4H3. The van der Waals surface area contributed by atoms with Gasteiger partial charge >= 0.3 is 0 Å². The third kappa shape index (κ3) is 5.76. The smallest absolute Gasteiger partial charge is 0.144 e. The fraction of sp³-hybridized carbons (Fsp3) is 0.750. The van der Waals surface area contributed by atoms with E-state index in [4.69, 9.17) is 0 Å². The highest BCUT2D eigenvalue weighted by Gasteiger charge is 2.11. The quantitative estimate of drug-likeness (QED) is 0.220. The summed E-state index contributed by atoms with van der Waals surface area (Å²) >= 11 is 0. The minimum Gasteiger partial charge on any atom is -0.355 e. The lowest BCUT2D eigenvalue weighted by Gasteiger charge is -2.26. The topological polar surface area (TPSA) is 32.7 Å². The van der Waals surface area contributed by atoms with Crippen molar-refractivity contribution in [2.75, 3.05) is 0 Å². The van der Waals surface area contributed by atoms with Gasteiger partial charge in [0.2, 0.25) is 0 Å². The first-order valence-electron chi connectivity index (χ1n) is 4.84. The number of hydrazone groups is 1. The lowest BCUT2D eigenvalue weighted by Crippen LogP contribution is -2.38. The van der Waals surface area contributed by atoms with Crippen LogP contribution in [0, 0.1) is 0 Å². The molecule has 5 heteroatoms. The maximum absolute atomic E-state index is 10.1. The zero-order valence-electron chi connectivity index (χ0n) is 9.03. The van der Waals surface area contributed by atoms with Crippen LogP contribution < -0.4 is 0 Å². The van der Waals surface area contributed by atoms with Crippen molar-refractivity contribution >= 4 is 30.4 Å². The molecule has 0 heterocycles.